The van der Waals surface area contributed by atoms with Gasteiger partial charge in [-0.2, -0.15) is 0 Å². The SMILES string of the molecule is COc1ccc2c(ccn2CCNC(=O)CCC2NC(=O)N(Cc3ccccc3)C2=O)c1. The minimum atomic E-state index is -0.666. The summed E-state index contributed by atoms with van der Waals surface area (Å²) in [5.41, 5.74) is 1.95. The van der Waals surface area contributed by atoms with Gasteiger partial charge in [0.2, 0.25) is 5.91 Å². The number of ether oxygens (including phenoxy) is 1. The summed E-state index contributed by atoms with van der Waals surface area (Å²) in [7, 11) is 1.64. The number of hydrogen-bond acceptors (Lipinski definition) is 4. The number of nitrogens with zero attached hydrogens (tertiary/aromatic N) is 2. The molecule has 1 aliphatic heterocycles. The third-order valence-corrected chi connectivity index (χ3v) is 5.60. The first kappa shape index (κ1) is 21.4. The standard InChI is InChI=1S/C24H26N4O4/c1-32-19-7-9-21-18(15-19)11-13-27(21)14-12-25-22(29)10-8-20-23(30)28(24(31)26-20)16-17-5-3-2-4-6-17/h2-7,9,11,13,15,20H,8,10,12,14,16H2,1H3,(H,25,29)(H,26,31). The van der Waals surface area contributed by atoms with E-state index in [0.29, 0.717) is 13.1 Å². The molecule has 1 fully saturated rings. The zero-order chi connectivity index (χ0) is 22.5. The lowest BCUT2D eigenvalue weighted by Gasteiger charge is -2.13. The van der Waals surface area contributed by atoms with Crippen LogP contribution in [-0.4, -0.2) is 47.0 Å². The molecule has 1 aromatic heterocycles. The van der Waals surface area contributed by atoms with Gasteiger partial charge >= 0.3 is 6.03 Å². The predicted molar refractivity (Wildman–Crippen MR) is 120 cm³/mol. The molecule has 8 nitrogen and oxygen atoms in total. The highest BCUT2D eigenvalue weighted by molar-refractivity contribution is 6.04. The highest BCUT2D eigenvalue weighted by atomic mass is 16.5. The van der Waals surface area contributed by atoms with E-state index in [1.165, 1.54) is 4.90 Å². The molecule has 1 atom stereocenters. The Morgan fingerprint density at radius 3 is 2.72 bits per heavy atom. The number of urea groups is 1. The predicted octanol–water partition coefficient (Wildman–Crippen LogP) is 2.67. The van der Waals surface area contributed by atoms with Crippen molar-refractivity contribution in [2.24, 2.45) is 0 Å². The molecule has 2 heterocycles. The zero-order valence-corrected chi connectivity index (χ0v) is 17.9. The van der Waals surface area contributed by atoms with Gasteiger partial charge in [-0.25, -0.2) is 4.79 Å². The van der Waals surface area contributed by atoms with Gasteiger partial charge in [0, 0.05) is 36.6 Å². The minimum Gasteiger partial charge on any atom is -0.497 e. The van der Waals surface area contributed by atoms with E-state index >= 15 is 0 Å². The van der Waals surface area contributed by atoms with E-state index in [0.717, 1.165) is 22.2 Å². The average molecular weight is 434 g/mol. The third kappa shape index (κ3) is 4.74. The largest absolute Gasteiger partial charge is 0.497 e. The van der Waals surface area contributed by atoms with Crippen LogP contribution < -0.4 is 15.4 Å². The van der Waals surface area contributed by atoms with Crippen molar-refractivity contribution >= 4 is 28.7 Å². The second-order valence-corrected chi connectivity index (χ2v) is 7.73. The zero-order valence-electron chi connectivity index (χ0n) is 17.9. The summed E-state index contributed by atoms with van der Waals surface area (Å²) in [4.78, 5) is 38.2. The molecule has 1 aliphatic rings. The Bertz CT molecular complexity index is 1130. The van der Waals surface area contributed by atoms with Crippen LogP contribution >= 0.6 is 0 Å². The second kappa shape index (κ2) is 9.55. The van der Waals surface area contributed by atoms with Crippen LogP contribution in [0.5, 0.6) is 5.75 Å². The van der Waals surface area contributed by atoms with Crippen LogP contribution in [0.25, 0.3) is 10.9 Å². The molecule has 0 saturated carbocycles. The molecule has 166 valence electrons. The van der Waals surface area contributed by atoms with Crippen LogP contribution in [0.1, 0.15) is 18.4 Å². The highest BCUT2D eigenvalue weighted by Gasteiger charge is 2.37. The summed E-state index contributed by atoms with van der Waals surface area (Å²) in [6, 6.07) is 16.1. The van der Waals surface area contributed by atoms with E-state index < -0.39 is 12.1 Å². The maximum absolute atomic E-state index is 12.6. The molecular formula is C24H26N4O4. The van der Waals surface area contributed by atoms with Gasteiger partial charge < -0.3 is 19.9 Å². The van der Waals surface area contributed by atoms with Crippen molar-refractivity contribution in [2.75, 3.05) is 13.7 Å². The van der Waals surface area contributed by atoms with Crippen LogP contribution in [0.3, 0.4) is 0 Å². The van der Waals surface area contributed by atoms with E-state index in [4.69, 9.17) is 4.74 Å². The fraction of sp³-hybridized carbons (Fsp3) is 0.292. The van der Waals surface area contributed by atoms with Gasteiger partial charge in [-0.1, -0.05) is 30.3 Å². The van der Waals surface area contributed by atoms with Crippen LogP contribution in [0.15, 0.2) is 60.8 Å². The Labute approximate surface area is 186 Å². The van der Waals surface area contributed by atoms with Crippen molar-refractivity contribution in [3.05, 3.63) is 66.4 Å². The highest BCUT2D eigenvalue weighted by Crippen LogP contribution is 2.21. The van der Waals surface area contributed by atoms with Crippen molar-refractivity contribution in [1.82, 2.24) is 20.1 Å². The fourth-order valence-corrected chi connectivity index (χ4v) is 3.87. The number of aromatic nitrogens is 1. The molecule has 0 aliphatic carbocycles. The number of carbonyl (C=O) groups is 3. The molecule has 0 spiro atoms. The number of fused-ring (bicyclic) bond motifs is 1. The number of rotatable bonds is 9. The van der Waals surface area contributed by atoms with Crippen molar-refractivity contribution < 1.29 is 19.1 Å². The summed E-state index contributed by atoms with van der Waals surface area (Å²) in [6.07, 6.45) is 2.41. The lowest BCUT2D eigenvalue weighted by Crippen LogP contribution is -2.33. The number of carbonyl (C=O) groups excluding carboxylic acids is 3. The molecular weight excluding hydrogens is 408 g/mol. The van der Waals surface area contributed by atoms with Crippen LogP contribution in [0.4, 0.5) is 4.79 Å². The van der Waals surface area contributed by atoms with Gasteiger partial charge in [0.05, 0.1) is 13.7 Å². The summed E-state index contributed by atoms with van der Waals surface area (Å²) in [5.74, 6) is 0.368. The Morgan fingerprint density at radius 2 is 1.94 bits per heavy atom. The molecule has 1 unspecified atom stereocenters. The van der Waals surface area contributed by atoms with Gasteiger partial charge in [-0.15, -0.1) is 0 Å². The third-order valence-electron chi connectivity index (χ3n) is 5.60. The van der Waals surface area contributed by atoms with E-state index in [2.05, 4.69) is 15.2 Å². The number of methoxy groups -OCH3 is 1. The quantitative estimate of drug-likeness (QED) is 0.507. The molecule has 32 heavy (non-hydrogen) atoms. The summed E-state index contributed by atoms with van der Waals surface area (Å²) in [5, 5.41) is 6.64. The number of nitrogens with one attached hydrogen (secondary N) is 2. The second-order valence-electron chi connectivity index (χ2n) is 7.73. The van der Waals surface area contributed by atoms with E-state index in [1.54, 1.807) is 7.11 Å². The van der Waals surface area contributed by atoms with E-state index in [1.807, 2.05) is 60.8 Å². The average Bonchev–Trinajstić information content (AvgIpc) is 3.33. The lowest BCUT2D eigenvalue weighted by molar-refractivity contribution is -0.128. The first-order valence-electron chi connectivity index (χ1n) is 10.6. The summed E-state index contributed by atoms with van der Waals surface area (Å²) in [6.45, 7) is 1.33. The van der Waals surface area contributed by atoms with E-state index in [-0.39, 0.29) is 31.2 Å². The molecule has 4 rings (SSSR count). The van der Waals surface area contributed by atoms with E-state index in [9.17, 15) is 14.4 Å². The monoisotopic (exact) mass is 434 g/mol. The van der Waals surface area contributed by atoms with Gasteiger partial charge in [0.25, 0.3) is 5.91 Å². The molecule has 3 aromatic rings. The van der Waals surface area contributed by atoms with Crippen LogP contribution in [0, 0.1) is 0 Å². The maximum atomic E-state index is 12.6. The van der Waals surface area contributed by atoms with Gasteiger partial charge in [0.15, 0.2) is 0 Å². The van der Waals surface area contributed by atoms with Crippen LogP contribution in [0.2, 0.25) is 0 Å². The molecule has 2 N–H and O–H groups in total. The van der Waals surface area contributed by atoms with Gasteiger partial charge in [-0.3, -0.25) is 14.5 Å². The Balaban J connectivity index is 1.23. The van der Waals surface area contributed by atoms with Gasteiger partial charge in [0.1, 0.15) is 11.8 Å². The number of amides is 4. The van der Waals surface area contributed by atoms with Crippen molar-refractivity contribution in [3.8, 4) is 5.75 Å². The molecule has 8 heteroatoms. The first-order chi connectivity index (χ1) is 15.5. The van der Waals surface area contributed by atoms with Crippen LogP contribution in [-0.2, 0) is 22.7 Å². The molecule has 1 saturated heterocycles. The summed E-state index contributed by atoms with van der Waals surface area (Å²) < 4.78 is 7.31. The van der Waals surface area contributed by atoms with Crippen molar-refractivity contribution in [1.29, 1.82) is 0 Å². The minimum absolute atomic E-state index is 0.147. The molecule has 4 amide bonds. The Hall–Kier alpha value is -3.81. The van der Waals surface area contributed by atoms with Crippen molar-refractivity contribution in [2.45, 2.75) is 32.0 Å². The molecule has 2 aromatic carbocycles. The molecule has 0 bridgehead atoms. The number of hydrogen-bond donors (Lipinski definition) is 2. The van der Waals surface area contributed by atoms with Gasteiger partial charge in [-0.05, 0) is 36.2 Å². The number of benzene rings is 2. The topological polar surface area (TPSA) is 92.7 Å². The lowest BCUT2D eigenvalue weighted by atomic mass is 10.1. The Morgan fingerprint density at radius 1 is 1.12 bits per heavy atom. The smallest absolute Gasteiger partial charge is 0.325 e. The summed E-state index contributed by atoms with van der Waals surface area (Å²) >= 11 is 0. The Kier molecular flexibility index (Phi) is 6.39. The normalized spacial score (nSPS) is 15.8. The fourth-order valence-electron chi connectivity index (χ4n) is 3.87. The van der Waals surface area contributed by atoms with Crippen molar-refractivity contribution in [3.63, 3.8) is 0 Å². The maximum Gasteiger partial charge on any atom is 0.325 e. The first-order valence-corrected chi connectivity index (χ1v) is 10.6. The number of imide groups is 1. The molecule has 0 radical (unpaired) electrons.